The van der Waals surface area contributed by atoms with Gasteiger partial charge in [0, 0.05) is 24.7 Å². The summed E-state index contributed by atoms with van der Waals surface area (Å²) < 4.78 is 11.7. The summed E-state index contributed by atoms with van der Waals surface area (Å²) in [7, 11) is 0. The quantitative estimate of drug-likeness (QED) is 0.751. The number of primary amides is 1. The molecule has 2 spiro atoms. The van der Waals surface area contributed by atoms with Gasteiger partial charge in [0.25, 0.3) is 0 Å². The van der Waals surface area contributed by atoms with E-state index in [0.717, 1.165) is 11.8 Å². The molecule has 6 heteroatoms. The molecule has 1 amide bonds. The third-order valence-electron chi connectivity index (χ3n) is 6.92. The number of rotatable bonds is 1. The Bertz CT molecular complexity index is 485. The fourth-order valence-electron chi connectivity index (χ4n) is 6.11. The number of nitrogens with two attached hydrogens (primary N) is 1. The molecule has 5 aliphatic carbocycles. The molecule has 0 aromatic heterocycles. The van der Waals surface area contributed by atoms with E-state index in [2.05, 4.69) is 0 Å². The molecule has 0 radical (unpaired) electrons. The zero-order chi connectivity index (χ0) is 15.7. The SMILES string of the molecule is NC(=O)OC1CCC2(CC1)OOC1(O2)C2CC3CC(C2)CC1C3. The maximum atomic E-state index is 10.9. The Morgan fingerprint density at radius 3 is 2.13 bits per heavy atom. The van der Waals surface area contributed by atoms with E-state index in [0.29, 0.717) is 37.5 Å². The molecule has 0 aromatic carbocycles. The van der Waals surface area contributed by atoms with Crippen molar-refractivity contribution in [3.05, 3.63) is 0 Å². The molecule has 6 fully saturated rings. The van der Waals surface area contributed by atoms with Gasteiger partial charge in [-0.25, -0.2) is 4.79 Å². The zero-order valence-corrected chi connectivity index (χ0v) is 13.4. The Labute approximate surface area is 135 Å². The fraction of sp³-hybridized carbons (Fsp3) is 0.941. The summed E-state index contributed by atoms with van der Waals surface area (Å²) in [5, 5.41) is 0. The lowest BCUT2D eigenvalue weighted by Crippen LogP contribution is -2.59. The van der Waals surface area contributed by atoms with Gasteiger partial charge in [-0.05, 0) is 56.8 Å². The van der Waals surface area contributed by atoms with E-state index in [1.807, 2.05) is 0 Å². The van der Waals surface area contributed by atoms with Gasteiger partial charge in [-0.2, -0.15) is 9.78 Å². The summed E-state index contributed by atoms with van der Waals surface area (Å²) in [4.78, 5) is 22.7. The molecule has 5 saturated carbocycles. The minimum atomic E-state index is -0.701. The average Bonchev–Trinajstić information content (AvgIpc) is 2.87. The molecule has 2 N–H and O–H groups in total. The van der Waals surface area contributed by atoms with E-state index in [1.165, 1.54) is 32.1 Å². The van der Waals surface area contributed by atoms with Crippen molar-refractivity contribution in [1.82, 2.24) is 0 Å². The highest BCUT2D eigenvalue weighted by Gasteiger charge is 2.66. The molecule has 1 saturated heterocycles. The Morgan fingerprint density at radius 2 is 1.57 bits per heavy atom. The van der Waals surface area contributed by atoms with Crippen LogP contribution in [-0.4, -0.2) is 23.8 Å². The summed E-state index contributed by atoms with van der Waals surface area (Å²) >= 11 is 0. The van der Waals surface area contributed by atoms with E-state index in [-0.39, 0.29) is 6.10 Å². The predicted octanol–water partition coefficient (Wildman–Crippen LogP) is 2.85. The Balaban J connectivity index is 1.31. The van der Waals surface area contributed by atoms with E-state index >= 15 is 0 Å². The normalized spacial score (nSPS) is 54.0. The maximum Gasteiger partial charge on any atom is 0.404 e. The van der Waals surface area contributed by atoms with Crippen molar-refractivity contribution in [2.75, 3.05) is 0 Å². The molecular formula is C17H25NO5. The highest BCUT2D eigenvalue weighted by molar-refractivity contribution is 5.64. The molecule has 6 rings (SSSR count). The lowest BCUT2D eigenvalue weighted by atomic mass is 9.53. The molecule has 1 heterocycles. The van der Waals surface area contributed by atoms with Gasteiger partial charge in [0.15, 0.2) is 0 Å². The second kappa shape index (κ2) is 4.83. The summed E-state index contributed by atoms with van der Waals surface area (Å²) in [5.41, 5.74) is 5.11. The minimum absolute atomic E-state index is 0.125. The number of carbonyl (C=O) groups excluding carboxylic acids is 1. The number of hydrogen-bond acceptors (Lipinski definition) is 5. The van der Waals surface area contributed by atoms with E-state index < -0.39 is 17.7 Å². The van der Waals surface area contributed by atoms with Crippen molar-refractivity contribution in [2.45, 2.75) is 75.5 Å². The highest BCUT2D eigenvalue weighted by atomic mass is 17.3. The number of amides is 1. The molecular weight excluding hydrogens is 298 g/mol. The van der Waals surface area contributed by atoms with E-state index in [9.17, 15) is 4.79 Å². The van der Waals surface area contributed by atoms with Crippen molar-refractivity contribution in [3.63, 3.8) is 0 Å². The van der Waals surface area contributed by atoms with Crippen LogP contribution in [0.1, 0.15) is 57.8 Å². The topological polar surface area (TPSA) is 80.0 Å². The van der Waals surface area contributed by atoms with E-state index in [1.54, 1.807) is 0 Å². The summed E-state index contributed by atoms with van der Waals surface area (Å²) in [5.74, 6) is 1.55. The van der Waals surface area contributed by atoms with Crippen LogP contribution in [-0.2, 0) is 19.2 Å². The molecule has 0 aromatic rings. The minimum Gasteiger partial charge on any atom is -0.446 e. The number of ether oxygens (including phenoxy) is 2. The van der Waals surface area contributed by atoms with Crippen LogP contribution in [0.4, 0.5) is 4.79 Å². The first-order chi connectivity index (χ1) is 11.1. The van der Waals surface area contributed by atoms with Gasteiger partial charge in [0.2, 0.25) is 11.6 Å². The van der Waals surface area contributed by atoms with Crippen LogP contribution in [0, 0.1) is 23.7 Å². The van der Waals surface area contributed by atoms with Gasteiger partial charge in [-0.1, -0.05) is 0 Å². The third-order valence-corrected chi connectivity index (χ3v) is 6.92. The standard InChI is InChI=1S/C17H25NO5/c18-15(19)20-14-1-3-16(4-2-14)21-17(23-22-16)12-6-10-5-11(8-12)9-13(17)7-10/h10-14H,1-9H2,(H2,18,19). The van der Waals surface area contributed by atoms with Crippen molar-refractivity contribution in [1.29, 1.82) is 0 Å². The summed E-state index contributed by atoms with van der Waals surface area (Å²) in [6.07, 6.45) is 8.28. The van der Waals surface area contributed by atoms with Crippen molar-refractivity contribution >= 4 is 6.09 Å². The Morgan fingerprint density at radius 1 is 0.957 bits per heavy atom. The highest BCUT2D eigenvalue weighted by Crippen LogP contribution is 2.63. The van der Waals surface area contributed by atoms with Gasteiger partial charge in [-0.15, -0.1) is 0 Å². The third kappa shape index (κ3) is 2.14. The molecule has 6 aliphatic rings. The Kier molecular flexibility index (Phi) is 3.05. The maximum absolute atomic E-state index is 10.9. The van der Waals surface area contributed by atoms with Crippen LogP contribution in [0.25, 0.3) is 0 Å². The first kappa shape index (κ1) is 14.5. The van der Waals surface area contributed by atoms with Gasteiger partial charge in [-0.3, -0.25) is 0 Å². The van der Waals surface area contributed by atoms with Crippen LogP contribution >= 0.6 is 0 Å². The number of carbonyl (C=O) groups is 1. The van der Waals surface area contributed by atoms with Gasteiger partial charge in [0.1, 0.15) is 6.10 Å². The molecule has 6 nitrogen and oxygen atoms in total. The van der Waals surface area contributed by atoms with Crippen LogP contribution < -0.4 is 5.73 Å². The van der Waals surface area contributed by atoms with Crippen molar-refractivity contribution in [2.24, 2.45) is 29.4 Å². The number of hydrogen-bond donors (Lipinski definition) is 1. The summed E-state index contributed by atoms with van der Waals surface area (Å²) in [6, 6.07) is 0. The van der Waals surface area contributed by atoms with Crippen molar-refractivity contribution < 1.29 is 24.0 Å². The van der Waals surface area contributed by atoms with Gasteiger partial charge in [0.05, 0.1) is 0 Å². The molecule has 4 bridgehead atoms. The van der Waals surface area contributed by atoms with Crippen LogP contribution in [0.2, 0.25) is 0 Å². The largest absolute Gasteiger partial charge is 0.446 e. The van der Waals surface area contributed by atoms with Crippen LogP contribution in [0.5, 0.6) is 0 Å². The second-order valence-corrected chi connectivity index (χ2v) is 8.34. The molecule has 0 unspecified atom stereocenters. The average molecular weight is 323 g/mol. The monoisotopic (exact) mass is 323 g/mol. The molecule has 1 aliphatic heterocycles. The second-order valence-electron chi connectivity index (χ2n) is 8.34. The van der Waals surface area contributed by atoms with E-state index in [4.69, 9.17) is 25.0 Å². The summed E-state index contributed by atoms with van der Waals surface area (Å²) in [6.45, 7) is 0. The first-order valence-electron chi connectivity index (χ1n) is 9.10. The van der Waals surface area contributed by atoms with Crippen LogP contribution in [0.3, 0.4) is 0 Å². The molecule has 23 heavy (non-hydrogen) atoms. The van der Waals surface area contributed by atoms with Crippen LogP contribution in [0.15, 0.2) is 0 Å². The first-order valence-corrected chi connectivity index (χ1v) is 9.10. The predicted molar refractivity (Wildman–Crippen MR) is 78.7 cm³/mol. The Hall–Kier alpha value is -0.850. The lowest BCUT2D eigenvalue weighted by molar-refractivity contribution is -0.390. The van der Waals surface area contributed by atoms with Crippen molar-refractivity contribution in [3.8, 4) is 0 Å². The molecule has 0 atom stereocenters. The lowest BCUT2D eigenvalue weighted by Gasteiger charge is -2.57. The molecule has 128 valence electrons. The zero-order valence-electron chi connectivity index (χ0n) is 13.4. The smallest absolute Gasteiger partial charge is 0.404 e. The van der Waals surface area contributed by atoms with Gasteiger partial charge >= 0.3 is 6.09 Å². The fourth-order valence-corrected chi connectivity index (χ4v) is 6.11. The van der Waals surface area contributed by atoms with Gasteiger partial charge < -0.3 is 15.2 Å².